The van der Waals surface area contributed by atoms with Gasteiger partial charge in [-0.05, 0) is 48.7 Å². The number of carbonyl (C=O) groups is 2. The van der Waals surface area contributed by atoms with Gasteiger partial charge in [-0.2, -0.15) is 0 Å². The molecule has 9 heteroatoms. The molecule has 1 aromatic heterocycles. The Morgan fingerprint density at radius 1 is 1.12 bits per heavy atom. The summed E-state index contributed by atoms with van der Waals surface area (Å²) in [5, 5.41) is 11.5. The maximum absolute atomic E-state index is 12.5. The minimum absolute atomic E-state index is 0.0401. The summed E-state index contributed by atoms with van der Waals surface area (Å²) in [6, 6.07) is 15.0. The number of nitrogens with one attached hydrogen (secondary N) is 1. The molecule has 0 saturated carbocycles. The van der Waals surface area contributed by atoms with E-state index >= 15 is 0 Å². The summed E-state index contributed by atoms with van der Waals surface area (Å²) in [6.07, 6.45) is 1.90. The Bertz CT molecular complexity index is 1210. The molecule has 0 aliphatic carbocycles. The van der Waals surface area contributed by atoms with Crippen LogP contribution in [0.5, 0.6) is 5.75 Å². The highest BCUT2D eigenvalue weighted by molar-refractivity contribution is 6.05. The molecule has 0 fully saturated rings. The second kappa shape index (κ2) is 11.1. The first kappa shape index (κ1) is 24.4. The van der Waals surface area contributed by atoms with Gasteiger partial charge in [0, 0.05) is 28.6 Å². The quantitative estimate of drug-likeness (QED) is 0.296. The summed E-state index contributed by atoms with van der Waals surface area (Å²) in [6.45, 7) is 2.11. The summed E-state index contributed by atoms with van der Waals surface area (Å²) in [5.74, 6) is -0.901. The van der Waals surface area contributed by atoms with Crippen molar-refractivity contribution in [3.8, 4) is 16.9 Å². The van der Waals surface area contributed by atoms with Gasteiger partial charge in [-0.15, -0.1) is 0 Å². The summed E-state index contributed by atoms with van der Waals surface area (Å²) in [4.78, 5) is 32.1. The number of carbonyl (C=O) groups excluding carboxylic acids is 1. The summed E-state index contributed by atoms with van der Waals surface area (Å²) < 4.78 is 5.52. The highest BCUT2D eigenvalue weighted by Gasteiger charge is 2.15. The molecule has 0 bridgehead atoms. The van der Waals surface area contributed by atoms with E-state index in [-0.39, 0.29) is 18.9 Å². The number of amides is 1. The Labute approximate surface area is 197 Å². The maximum atomic E-state index is 12.5. The van der Waals surface area contributed by atoms with Crippen LogP contribution >= 0.6 is 0 Å². The first-order valence-electron chi connectivity index (χ1n) is 10.6. The number of carboxylic acids is 1. The lowest BCUT2D eigenvalue weighted by atomic mass is 9.98. The number of aryl methyl sites for hydroxylation is 1. The van der Waals surface area contributed by atoms with Gasteiger partial charge in [0.2, 0.25) is 0 Å². The number of aliphatic imine (C=N–C) groups is 1. The van der Waals surface area contributed by atoms with Gasteiger partial charge in [-0.3, -0.25) is 19.9 Å². The molecule has 1 heterocycles. The molecule has 9 nitrogen and oxygen atoms in total. The summed E-state index contributed by atoms with van der Waals surface area (Å²) in [7, 11) is 1.58. The molecule has 0 radical (unpaired) electrons. The zero-order valence-corrected chi connectivity index (χ0v) is 19.0. The van der Waals surface area contributed by atoms with Crippen molar-refractivity contribution in [2.75, 3.05) is 7.11 Å². The van der Waals surface area contributed by atoms with Crippen LogP contribution in [0.1, 0.15) is 27.2 Å². The van der Waals surface area contributed by atoms with Gasteiger partial charge in [0.25, 0.3) is 5.91 Å². The molecule has 6 N–H and O–H groups in total. The van der Waals surface area contributed by atoms with Crippen LogP contribution in [0.25, 0.3) is 11.1 Å². The van der Waals surface area contributed by atoms with Crippen molar-refractivity contribution in [3.63, 3.8) is 0 Å². The van der Waals surface area contributed by atoms with E-state index < -0.39 is 17.9 Å². The van der Waals surface area contributed by atoms with Crippen molar-refractivity contribution in [1.29, 1.82) is 0 Å². The predicted octanol–water partition coefficient (Wildman–Crippen LogP) is 2.26. The van der Waals surface area contributed by atoms with Crippen LogP contribution in [0, 0.1) is 6.92 Å². The van der Waals surface area contributed by atoms with Crippen molar-refractivity contribution in [3.05, 3.63) is 83.2 Å². The molecule has 0 aliphatic rings. The Morgan fingerprint density at radius 2 is 1.82 bits per heavy atom. The third-order valence-electron chi connectivity index (χ3n) is 5.29. The van der Waals surface area contributed by atoms with Gasteiger partial charge in [-0.1, -0.05) is 30.3 Å². The summed E-state index contributed by atoms with van der Waals surface area (Å²) >= 11 is 0. The highest BCUT2D eigenvalue weighted by atomic mass is 16.5. The molecule has 1 atom stereocenters. The SMILES string of the molecule is COc1cccc(-c2cccnc2C)c1CN=C(N)NC(=O)c1ccc(C[C@H](N)C(=O)O)cc1. The van der Waals surface area contributed by atoms with Gasteiger partial charge in [-0.25, -0.2) is 4.99 Å². The van der Waals surface area contributed by atoms with E-state index in [2.05, 4.69) is 15.3 Å². The Hall–Kier alpha value is -4.24. The van der Waals surface area contributed by atoms with E-state index in [1.165, 1.54) is 0 Å². The van der Waals surface area contributed by atoms with Crippen molar-refractivity contribution in [2.45, 2.75) is 25.9 Å². The number of hydrogen-bond acceptors (Lipinski definition) is 6. The van der Waals surface area contributed by atoms with E-state index in [4.69, 9.17) is 21.3 Å². The fraction of sp³-hybridized carbons (Fsp3) is 0.200. The lowest BCUT2D eigenvalue weighted by molar-refractivity contribution is -0.138. The van der Waals surface area contributed by atoms with Crippen LogP contribution in [0.3, 0.4) is 0 Å². The molecule has 0 saturated heterocycles. The number of benzene rings is 2. The normalized spacial score (nSPS) is 12.1. The number of aromatic nitrogens is 1. The number of guanidine groups is 1. The Balaban J connectivity index is 1.74. The van der Waals surface area contributed by atoms with Crippen molar-refractivity contribution in [2.24, 2.45) is 16.5 Å². The van der Waals surface area contributed by atoms with E-state index in [0.717, 1.165) is 22.4 Å². The lowest BCUT2D eigenvalue weighted by Crippen LogP contribution is -2.36. The number of methoxy groups -OCH3 is 1. The number of nitrogens with two attached hydrogens (primary N) is 2. The largest absolute Gasteiger partial charge is 0.496 e. The van der Waals surface area contributed by atoms with Gasteiger partial charge in [0.05, 0.1) is 13.7 Å². The lowest BCUT2D eigenvalue weighted by Gasteiger charge is -2.14. The van der Waals surface area contributed by atoms with Gasteiger partial charge in [0.15, 0.2) is 5.96 Å². The van der Waals surface area contributed by atoms with E-state index in [1.54, 1.807) is 37.6 Å². The minimum Gasteiger partial charge on any atom is -0.496 e. The minimum atomic E-state index is -1.08. The van der Waals surface area contributed by atoms with Crippen LogP contribution in [-0.2, 0) is 17.8 Å². The number of carboxylic acid groups (broad SMARTS) is 1. The first-order valence-corrected chi connectivity index (χ1v) is 10.6. The van der Waals surface area contributed by atoms with Crippen LogP contribution in [-0.4, -0.2) is 41.1 Å². The molecule has 2 aromatic carbocycles. The zero-order chi connectivity index (χ0) is 24.7. The fourth-order valence-corrected chi connectivity index (χ4v) is 3.47. The number of ether oxygens (including phenoxy) is 1. The summed E-state index contributed by atoms with van der Waals surface area (Å²) in [5.41, 5.74) is 16.2. The monoisotopic (exact) mass is 461 g/mol. The maximum Gasteiger partial charge on any atom is 0.320 e. The predicted molar refractivity (Wildman–Crippen MR) is 130 cm³/mol. The molecule has 3 rings (SSSR count). The molecule has 34 heavy (non-hydrogen) atoms. The average molecular weight is 462 g/mol. The Kier molecular flexibility index (Phi) is 7.94. The van der Waals surface area contributed by atoms with E-state index in [0.29, 0.717) is 16.9 Å². The molecule has 176 valence electrons. The van der Waals surface area contributed by atoms with Crippen molar-refractivity contribution < 1.29 is 19.4 Å². The standard InChI is InChI=1S/C25H27N5O4/c1-15-18(6-4-12-28-15)19-5-3-7-22(34-2)20(19)14-29-25(27)30-23(31)17-10-8-16(9-11-17)13-21(26)24(32)33/h3-12,21H,13-14,26H2,1-2H3,(H,32,33)(H3,27,29,30,31)/t21-/m0/s1. The van der Waals surface area contributed by atoms with Gasteiger partial charge >= 0.3 is 5.97 Å². The highest BCUT2D eigenvalue weighted by Crippen LogP contribution is 2.32. The van der Waals surface area contributed by atoms with Crippen LogP contribution in [0.4, 0.5) is 0 Å². The molecule has 3 aromatic rings. The molecular weight excluding hydrogens is 434 g/mol. The van der Waals surface area contributed by atoms with Crippen LogP contribution < -0.4 is 21.5 Å². The molecule has 0 spiro atoms. The zero-order valence-electron chi connectivity index (χ0n) is 19.0. The van der Waals surface area contributed by atoms with Crippen LogP contribution in [0.2, 0.25) is 0 Å². The van der Waals surface area contributed by atoms with Gasteiger partial charge in [0.1, 0.15) is 11.8 Å². The fourth-order valence-electron chi connectivity index (χ4n) is 3.47. The number of aliphatic carboxylic acids is 1. The van der Waals surface area contributed by atoms with Crippen molar-refractivity contribution >= 4 is 17.8 Å². The van der Waals surface area contributed by atoms with Gasteiger partial charge < -0.3 is 21.3 Å². The third-order valence-corrected chi connectivity index (χ3v) is 5.29. The van der Waals surface area contributed by atoms with Crippen LogP contribution in [0.15, 0.2) is 65.8 Å². The second-order valence-corrected chi connectivity index (χ2v) is 7.62. The molecular formula is C25H27N5O4. The topological polar surface area (TPSA) is 153 Å². The van der Waals surface area contributed by atoms with E-state index in [1.807, 2.05) is 37.3 Å². The first-order chi connectivity index (χ1) is 16.3. The average Bonchev–Trinajstić information content (AvgIpc) is 2.83. The number of hydrogen-bond donors (Lipinski definition) is 4. The molecule has 0 unspecified atom stereocenters. The smallest absolute Gasteiger partial charge is 0.320 e. The Morgan fingerprint density at radius 3 is 2.47 bits per heavy atom. The van der Waals surface area contributed by atoms with E-state index in [9.17, 15) is 9.59 Å². The third kappa shape index (κ3) is 5.96. The molecule has 1 amide bonds. The molecule has 0 aliphatic heterocycles. The number of nitrogens with zero attached hydrogens (tertiary/aromatic N) is 2. The van der Waals surface area contributed by atoms with Crippen molar-refractivity contribution in [1.82, 2.24) is 10.3 Å². The number of pyridine rings is 1. The number of rotatable bonds is 8. The second-order valence-electron chi connectivity index (χ2n) is 7.62.